The van der Waals surface area contributed by atoms with Crippen LogP contribution in [0.15, 0.2) is 12.1 Å². The van der Waals surface area contributed by atoms with E-state index in [1.807, 2.05) is 0 Å². The van der Waals surface area contributed by atoms with Crippen LogP contribution in [0.4, 0.5) is 20.6 Å². The summed E-state index contributed by atoms with van der Waals surface area (Å²) in [5, 5.41) is 8.52. The number of hydrogen-bond acceptors (Lipinski definition) is 4. The van der Waals surface area contributed by atoms with Crippen LogP contribution in [-0.4, -0.2) is 30.7 Å². The number of fused-ring (bicyclic) bond motifs is 1. The van der Waals surface area contributed by atoms with Crippen molar-refractivity contribution < 1.29 is 18.7 Å². The Morgan fingerprint density at radius 1 is 1.28 bits per heavy atom. The smallest absolute Gasteiger partial charge is 0.407 e. The molecule has 0 saturated heterocycles. The number of ether oxygens (including phenoxy) is 1. The van der Waals surface area contributed by atoms with E-state index in [1.54, 1.807) is 26.8 Å². The van der Waals surface area contributed by atoms with E-state index in [0.29, 0.717) is 23.4 Å². The van der Waals surface area contributed by atoms with Gasteiger partial charge < -0.3 is 20.7 Å². The Kier molecular flexibility index (Phi) is 6.22. The average Bonchev–Trinajstić information content (AvgIpc) is 2.75. The second-order valence-corrected chi connectivity index (χ2v) is 7.06. The number of carbonyl (C=O) groups is 2. The summed E-state index contributed by atoms with van der Waals surface area (Å²) in [5.41, 5.74) is 1.26. The van der Waals surface area contributed by atoms with Crippen molar-refractivity contribution in [1.82, 2.24) is 5.32 Å². The van der Waals surface area contributed by atoms with Crippen LogP contribution in [0, 0.1) is 5.82 Å². The highest BCUT2D eigenvalue weighted by Crippen LogP contribution is 2.31. The van der Waals surface area contributed by atoms with Gasteiger partial charge in [-0.05, 0) is 52.2 Å². The molecule has 1 heterocycles. The van der Waals surface area contributed by atoms with Gasteiger partial charge in [0.1, 0.15) is 11.4 Å². The fourth-order valence-corrected chi connectivity index (χ4v) is 2.62. The molecule has 0 aromatic heterocycles. The second kappa shape index (κ2) is 8.18. The van der Waals surface area contributed by atoms with Crippen LogP contribution in [-0.2, 0) is 16.0 Å². The van der Waals surface area contributed by atoms with Crippen LogP contribution in [0.2, 0.25) is 0 Å². The highest BCUT2D eigenvalue weighted by Gasteiger charge is 2.18. The predicted molar refractivity (Wildman–Crippen MR) is 95.3 cm³/mol. The molecule has 138 valence electrons. The van der Waals surface area contributed by atoms with E-state index in [0.717, 1.165) is 19.4 Å². The van der Waals surface area contributed by atoms with Gasteiger partial charge in [-0.15, -0.1) is 0 Å². The number of nitrogens with one attached hydrogen (secondary N) is 3. The number of carbonyl (C=O) groups excluding carboxylic acids is 2. The molecule has 3 N–H and O–H groups in total. The molecule has 2 rings (SSSR count). The number of alkyl carbamates (subject to hydrolysis) is 1. The van der Waals surface area contributed by atoms with Crippen LogP contribution in [0.25, 0.3) is 0 Å². The highest BCUT2D eigenvalue weighted by atomic mass is 19.1. The standard InChI is InChI=1S/C18H26FN3O3/c1-18(2,3)25-17(24)21-11-9-15(23)22-14-8-7-13(19)12-6-4-5-10-20-16(12)14/h7-8,20H,4-6,9-11H2,1-3H3,(H,21,24)(H,22,23). The summed E-state index contributed by atoms with van der Waals surface area (Å²) >= 11 is 0. The Labute approximate surface area is 147 Å². The van der Waals surface area contributed by atoms with Gasteiger partial charge in [-0.2, -0.15) is 0 Å². The van der Waals surface area contributed by atoms with E-state index in [1.165, 1.54) is 6.07 Å². The molecule has 7 heteroatoms. The maximum absolute atomic E-state index is 14.0. The third-order valence-corrected chi connectivity index (χ3v) is 3.71. The Morgan fingerprint density at radius 3 is 2.76 bits per heavy atom. The van der Waals surface area contributed by atoms with Crippen molar-refractivity contribution in [2.75, 3.05) is 23.7 Å². The Morgan fingerprint density at radius 2 is 2.04 bits per heavy atom. The molecule has 0 saturated carbocycles. The average molecular weight is 351 g/mol. The zero-order valence-electron chi connectivity index (χ0n) is 15.0. The van der Waals surface area contributed by atoms with Crippen molar-refractivity contribution in [3.8, 4) is 0 Å². The van der Waals surface area contributed by atoms with Gasteiger partial charge in [-0.25, -0.2) is 9.18 Å². The van der Waals surface area contributed by atoms with Crippen LogP contribution in [0.5, 0.6) is 0 Å². The molecule has 0 unspecified atom stereocenters. The lowest BCUT2D eigenvalue weighted by atomic mass is 10.1. The number of hydrogen-bond donors (Lipinski definition) is 3. The Bertz CT molecular complexity index is 641. The van der Waals surface area contributed by atoms with E-state index in [4.69, 9.17) is 4.74 Å². The largest absolute Gasteiger partial charge is 0.444 e. The van der Waals surface area contributed by atoms with Crippen LogP contribution in [0.3, 0.4) is 0 Å². The number of amides is 2. The fourth-order valence-electron chi connectivity index (χ4n) is 2.62. The molecule has 1 aromatic carbocycles. The third-order valence-electron chi connectivity index (χ3n) is 3.71. The minimum atomic E-state index is -0.580. The molecule has 0 radical (unpaired) electrons. The zero-order valence-corrected chi connectivity index (χ0v) is 15.0. The summed E-state index contributed by atoms with van der Waals surface area (Å²) < 4.78 is 19.1. The molecule has 1 aromatic rings. The van der Waals surface area contributed by atoms with Crippen molar-refractivity contribution in [2.24, 2.45) is 0 Å². The van der Waals surface area contributed by atoms with Gasteiger partial charge in [0, 0.05) is 25.1 Å². The number of halogens is 1. The highest BCUT2D eigenvalue weighted by molar-refractivity contribution is 5.95. The van der Waals surface area contributed by atoms with Crippen molar-refractivity contribution in [3.63, 3.8) is 0 Å². The molecule has 2 amide bonds. The lowest BCUT2D eigenvalue weighted by molar-refractivity contribution is -0.116. The van der Waals surface area contributed by atoms with Crippen molar-refractivity contribution in [1.29, 1.82) is 0 Å². The van der Waals surface area contributed by atoms with E-state index >= 15 is 0 Å². The molecule has 0 aliphatic carbocycles. The number of anilines is 2. The van der Waals surface area contributed by atoms with Gasteiger partial charge in [0.05, 0.1) is 11.4 Å². The molecule has 0 spiro atoms. The lowest BCUT2D eigenvalue weighted by Gasteiger charge is -2.19. The first kappa shape index (κ1) is 19.0. The topological polar surface area (TPSA) is 79.5 Å². The second-order valence-electron chi connectivity index (χ2n) is 7.06. The maximum Gasteiger partial charge on any atom is 0.407 e. The first-order valence-electron chi connectivity index (χ1n) is 8.58. The fraction of sp³-hybridized carbons (Fsp3) is 0.556. The van der Waals surface area contributed by atoms with Gasteiger partial charge in [-0.1, -0.05) is 0 Å². The predicted octanol–water partition coefficient (Wildman–Crippen LogP) is 3.43. The van der Waals surface area contributed by atoms with Crippen LogP contribution >= 0.6 is 0 Å². The molecule has 1 aliphatic heterocycles. The summed E-state index contributed by atoms with van der Waals surface area (Å²) in [6.07, 6.45) is 2.07. The normalized spacial score (nSPS) is 13.9. The van der Waals surface area contributed by atoms with Gasteiger partial charge in [0.2, 0.25) is 5.91 Å². The molecule has 25 heavy (non-hydrogen) atoms. The summed E-state index contributed by atoms with van der Waals surface area (Å²) in [4.78, 5) is 23.7. The van der Waals surface area contributed by atoms with E-state index in [9.17, 15) is 14.0 Å². The quantitative estimate of drug-likeness (QED) is 0.776. The molecule has 0 fully saturated rings. The summed E-state index contributed by atoms with van der Waals surface area (Å²) in [7, 11) is 0. The molecule has 6 nitrogen and oxygen atoms in total. The van der Waals surface area contributed by atoms with Gasteiger partial charge in [0.15, 0.2) is 0 Å². The van der Waals surface area contributed by atoms with Crippen LogP contribution < -0.4 is 16.0 Å². The van der Waals surface area contributed by atoms with E-state index in [2.05, 4.69) is 16.0 Å². The Hall–Kier alpha value is -2.31. The van der Waals surface area contributed by atoms with Crippen molar-refractivity contribution in [3.05, 3.63) is 23.5 Å². The van der Waals surface area contributed by atoms with E-state index < -0.39 is 11.7 Å². The van der Waals surface area contributed by atoms with Crippen LogP contribution in [0.1, 0.15) is 45.6 Å². The zero-order chi connectivity index (χ0) is 18.4. The van der Waals surface area contributed by atoms with Gasteiger partial charge >= 0.3 is 6.09 Å². The molecular weight excluding hydrogens is 325 g/mol. The first-order valence-corrected chi connectivity index (χ1v) is 8.58. The third kappa shape index (κ3) is 5.92. The minimum absolute atomic E-state index is 0.103. The van der Waals surface area contributed by atoms with E-state index in [-0.39, 0.29) is 24.7 Å². The lowest BCUT2D eigenvalue weighted by Crippen LogP contribution is -2.34. The molecule has 0 bridgehead atoms. The maximum atomic E-state index is 14.0. The minimum Gasteiger partial charge on any atom is -0.444 e. The summed E-state index contributed by atoms with van der Waals surface area (Å²) in [6, 6.07) is 2.94. The molecule has 0 atom stereocenters. The van der Waals surface area contributed by atoms with Crippen molar-refractivity contribution >= 4 is 23.4 Å². The monoisotopic (exact) mass is 351 g/mol. The number of benzene rings is 1. The van der Waals surface area contributed by atoms with Crippen molar-refractivity contribution in [2.45, 2.75) is 52.1 Å². The SMILES string of the molecule is CC(C)(C)OC(=O)NCCC(=O)Nc1ccc(F)c2c1NCCCC2. The molecular formula is C18H26FN3O3. The molecule has 1 aliphatic rings. The first-order chi connectivity index (χ1) is 11.8. The van der Waals surface area contributed by atoms with Gasteiger partial charge in [-0.3, -0.25) is 4.79 Å². The summed E-state index contributed by atoms with van der Waals surface area (Å²) in [5.74, 6) is -0.509. The number of rotatable bonds is 4. The Balaban J connectivity index is 1.90. The summed E-state index contributed by atoms with van der Waals surface area (Å²) in [6.45, 7) is 6.22. The van der Waals surface area contributed by atoms with Gasteiger partial charge in [0.25, 0.3) is 0 Å².